The molecule has 0 unspecified atom stereocenters. The number of para-hydroxylation sites is 2. The van der Waals surface area contributed by atoms with Crippen LogP contribution in [0.5, 0.6) is 0 Å². The quantitative estimate of drug-likeness (QED) is 0.148. The first-order valence-corrected chi connectivity index (χ1v) is 17.9. The molecule has 14 nitrogen and oxygen atoms in total. The van der Waals surface area contributed by atoms with E-state index >= 15 is 0 Å². The minimum Gasteiger partial charge on any atom is -0.398 e. The van der Waals surface area contributed by atoms with Crippen molar-refractivity contribution in [1.82, 2.24) is 29.2 Å². The smallest absolute Gasteiger partial charge is 0.254 e. The number of hydrogen-bond donors (Lipinski definition) is 4. The second-order valence-electron chi connectivity index (χ2n) is 9.93. The van der Waals surface area contributed by atoms with Crippen LogP contribution in [0.4, 0.5) is 17.1 Å². The van der Waals surface area contributed by atoms with E-state index in [1.165, 1.54) is 78.9 Å². The second-order valence-corrected chi connectivity index (χ2v) is 15.4. The van der Waals surface area contributed by atoms with Crippen LogP contribution in [0.25, 0.3) is 0 Å². The summed E-state index contributed by atoms with van der Waals surface area (Å²) in [6.07, 6.45) is 2.66. The molecular formula is C30H35Cl3N8O6S2. The average Bonchev–Trinajstić information content (AvgIpc) is 3.05. The number of benzene rings is 2. The Labute approximate surface area is 300 Å². The molecule has 0 fully saturated rings. The molecule has 0 aliphatic heterocycles. The van der Waals surface area contributed by atoms with Crippen molar-refractivity contribution in [2.75, 3.05) is 53.3 Å². The number of halogens is 3. The summed E-state index contributed by atoms with van der Waals surface area (Å²) < 4.78 is 50.4. The molecule has 4 aromatic rings. The summed E-state index contributed by atoms with van der Waals surface area (Å²) in [7, 11) is 1.81. The van der Waals surface area contributed by atoms with E-state index in [9.17, 15) is 26.4 Å². The molecule has 0 aliphatic carbocycles. The molecule has 5 N–H and O–H groups in total. The Morgan fingerprint density at radius 3 is 1.63 bits per heavy atom. The number of rotatable bonds is 8. The zero-order valence-electron chi connectivity index (χ0n) is 27.2. The minimum atomic E-state index is -3.65. The van der Waals surface area contributed by atoms with Gasteiger partial charge in [0.2, 0.25) is 20.0 Å². The van der Waals surface area contributed by atoms with E-state index < -0.39 is 20.0 Å². The summed E-state index contributed by atoms with van der Waals surface area (Å²) >= 11 is 17.2. The van der Waals surface area contributed by atoms with E-state index in [0.717, 1.165) is 8.61 Å². The molecule has 0 saturated heterocycles. The van der Waals surface area contributed by atoms with Crippen LogP contribution in [0.2, 0.25) is 15.3 Å². The molecule has 0 aliphatic rings. The van der Waals surface area contributed by atoms with Gasteiger partial charge in [-0.15, -0.1) is 0 Å². The number of nitrogens with two attached hydrogens (primary N) is 1. The van der Waals surface area contributed by atoms with E-state index in [-0.39, 0.29) is 43.2 Å². The number of anilines is 3. The van der Waals surface area contributed by atoms with Crippen molar-refractivity contribution >= 4 is 83.7 Å². The van der Waals surface area contributed by atoms with Gasteiger partial charge in [-0.1, -0.05) is 59.1 Å². The topological polar surface area (TPSA) is 197 Å². The third kappa shape index (κ3) is 11.0. The van der Waals surface area contributed by atoms with Gasteiger partial charge in [0.05, 0.1) is 33.2 Å². The van der Waals surface area contributed by atoms with E-state index in [1.807, 2.05) is 0 Å². The van der Waals surface area contributed by atoms with Crippen LogP contribution in [0.3, 0.4) is 0 Å². The fourth-order valence-corrected chi connectivity index (χ4v) is 6.27. The minimum absolute atomic E-state index is 0.0887. The maximum atomic E-state index is 12.5. The number of amides is 2. The van der Waals surface area contributed by atoms with Crippen LogP contribution in [-0.2, 0) is 20.0 Å². The molecule has 0 atom stereocenters. The highest BCUT2D eigenvalue weighted by atomic mass is 35.5. The number of nitrogen functional groups attached to an aromatic ring is 1. The first kappa shape index (κ1) is 41.1. The van der Waals surface area contributed by atoms with E-state index in [2.05, 4.69) is 25.9 Å². The molecule has 0 spiro atoms. The Morgan fingerprint density at radius 1 is 0.673 bits per heavy atom. The first-order valence-electron chi connectivity index (χ1n) is 13.8. The van der Waals surface area contributed by atoms with Crippen LogP contribution in [0.1, 0.15) is 20.7 Å². The van der Waals surface area contributed by atoms with Crippen LogP contribution in [0, 0.1) is 0 Å². The Hall–Kier alpha value is -4.03. The molecule has 4 rings (SSSR count). The largest absolute Gasteiger partial charge is 0.398 e. The summed E-state index contributed by atoms with van der Waals surface area (Å²) in [4.78, 5) is 30.9. The van der Waals surface area contributed by atoms with Crippen molar-refractivity contribution in [2.24, 2.45) is 0 Å². The van der Waals surface area contributed by atoms with Crippen LogP contribution >= 0.6 is 34.8 Å². The van der Waals surface area contributed by atoms with Gasteiger partial charge in [-0.05, 0) is 36.4 Å². The second kappa shape index (κ2) is 18.1. The molecule has 2 amide bonds. The highest BCUT2D eigenvalue weighted by Gasteiger charge is 2.22. The van der Waals surface area contributed by atoms with Crippen molar-refractivity contribution in [2.45, 2.75) is 9.79 Å². The standard InChI is InChI=1S/C15H17ClN4O3S.C8H12N2O2S.C7H6Cl2N2O/c1-17-15(21)10-9-18-14(16)8-12(10)19-11-6-4-5-7-13(11)24(22,23)20(2)3;1-10(2)13(11,12)8-6-4-3-5-7(8)9;1-10-7(12)4-3-11-6(9)2-5(4)8/h4-9H,1-3H3,(H,17,21)(H,18,19);3-6H,9H2,1-2H3;2-3H,1H3,(H,10,12). The predicted molar refractivity (Wildman–Crippen MR) is 193 cm³/mol. The maximum Gasteiger partial charge on any atom is 0.254 e. The lowest BCUT2D eigenvalue weighted by molar-refractivity contribution is 0.0955. The van der Waals surface area contributed by atoms with E-state index in [4.69, 9.17) is 40.5 Å². The molecule has 0 saturated carbocycles. The van der Waals surface area contributed by atoms with Crippen molar-refractivity contribution in [3.05, 3.63) is 99.5 Å². The van der Waals surface area contributed by atoms with Gasteiger partial charge in [-0.3, -0.25) is 9.59 Å². The number of hydrogen-bond acceptors (Lipinski definition) is 10. The van der Waals surface area contributed by atoms with Gasteiger partial charge in [-0.25, -0.2) is 35.4 Å². The number of pyridine rings is 2. The lowest BCUT2D eigenvalue weighted by Crippen LogP contribution is -2.23. The number of nitrogens with one attached hydrogen (secondary N) is 3. The van der Waals surface area contributed by atoms with Crippen molar-refractivity contribution in [1.29, 1.82) is 0 Å². The molecule has 264 valence electrons. The first-order chi connectivity index (χ1) is 22.9. The number of aromatic nitrogens is 2. The van der Waals surface area contributed by atoms with Gasteiger partial charge >= 0.3 is 0 Å². The van der Waals surface area contributed by atoms with Gasteiger partial charge in [0.25, 0.3) is 11.8 Å². The van der Waals surface area contributed by atoms with E-state index in [0.29, 0.717) is 22.0 Å². The molecule has 49 heavy (non-hydrogen) atoms. The summed E-state index contributed by atoms with van der Waals surface area (Å²) in [5.74, 6) is -0.640. The number of carbonyl (C=O) groups is 2. The zero-order chi connectivity index (χ0) is 37.1. The lowest BCUT2D eigenvalue weighted by Gasteiger charge is -2.17. The normalized spacial score (nSPS) is 11.1. The molecule has 0 radical (unpaired) electrons. The third-order valence-corrected chi connectivity index (χ3v) is 10.7. The van der Waals surface area contributed by atoms with Crippen molar-refractivity contribution < 1.29 is 26.4 Å². The molecule has 2 aromatic heterocycles. The predicted octanol–water partition coefficient (Wildman–Crippen LogP) is 4.36. The van der Waals surface area contributed by atoms with Gasteiger partial charge in [0.1, 0.15) is 20.1 Å². The molecule has 2 aromatic carbocycles. The highest BCUT2D eigenvalue weighted by Crippen LogP contribution is 2.29. The number of carbonyl (C=O) groups excluding carboxylic acids is 2. The summed E-state index contributed by atoms with van der Waals surface area (Å²) in [6, 6.07) is 15.7. The Balaban J connectivity index is 0.000000281. The lowest BCUT2D eigenvalue weighted by atomic mass is 10.2. The fraction of sp³-hybridized carbons (Fsp3) is 0.200. The highest BCUT2D eigenvalue weighted by molar-refractivity contribution is 7.89. The summed E-state index contributed by atoms with van der Waals surface area (Å²) in [5, 5.41) is 8.65. The van der Waals surface area contributed by atoms with Crippen molar-refractivity contribution in [3.63, 3.8) is 0 Å². The van der Waals surface area contributed by atoms with E-state index in [1.54, 1.807) is 36.4 Å². The Kier molecular flexibility index (Phi) is 15.2. The number of sulfonamides is 2. The Morgan fingerprint density at radius 2 is 1.12 bits per heavy atom. The van der Waals surface area contributed by atoms with Crippen LogP contribution in [0.15, 0.2) is 82.8 Å². The van der Waals surface area contributed by atoms with Gasteiger partial charge in [0, 0.05) is 54.7 Å². The van der Waals surface area contributed by atoms with Gasteiger partial charge in [0.15, 0.2) is 0 Å². The van der Waals surface area contributed by atoms with Crippen molar-refractivity contribution in [3.8, 4) is 0 Å². The zero-order valence-corrected chi connectivity index (χ0v) is 31.1. The van der Waals surface area contributed by atoms with Crippen LogP contribution in [-0.4, -0.2) is 89.5 Å². The molecular weight excluding hydrogens is 739 g/mol. The SMILES string of the molecule is CN(C)S(=O)(=O)c1ccccc1N.CNC(=O)c1cnc(Cl)cc1Cl.CNC(=O)c1cnc(Cl)cc1Nc1ccccc1S(=O)(=O)N(C)C. The third-order valence-electron chi connectivity index (χ3n) is 6.23. The molecule has 19 heteroatoms. The summed E-state index contributed by atoms with van der Waals surface area (Å²) in [5.41, 5.74) is 7.07. The molecule has 2 heterocycles. The average molecular weight is 774 g/mol. The monoisotopic (exact) mass is 772 g/mol. The summed E-state index contributed by atoms with van der Waals surface area (Å²) in [6.45, 7) is 0. The number of nitrogens with zero attached hydrogens (tertiary/aromatic N) is 4. The van der Waals surface area contributed by atoms with Crippen LogP contribution < -0.4 is 21.7 Å². The molecule has 0 bridgehead atoms. The Bertz CT molecular complexity index is 2010. The fourth-order valence-electron chi connectivity index (χ4n) is 3.61. The maximum absolute atomic E-state index is 12.5. The van der Waals surface area contributed by atoms with Gasteiger partial charge < -0.3 is 21.7 Å². The van der Waals surface area contributed by atoms with Gasteiger partial charge in [-0.2, -0.15) is 0 Å².